The Hall–Kier alpha value is -1.11. The first-order valence-corrected chi connectivity index (χ1v) is 9.18. The molecule has 0 radical (unpaired) electrons. The van der Waals surface area contributed by atoms with Gasteiger partial charge in [0.1, 0.15) is 0 Å². The Morgan fingerprint density at radius 3 is 2.87 bits per heavy atom. The fourth-order valence-electron chi connectivity index (χ4n) is 2.25. The molecule has 1 rings (SSSR count). The van der Waals surface area contributed by atoms with Crippen LogP contribution in [-0.2, 0) is 11.2 Å². The minimum absolute atomic E-state index is 0.590. The van der Waals surface area contributed by atoms with Gasteiger partial charge in [-0.1, -0.05) is 13.0 Å². The van der Waals surface area contributed by atoms with Crippen LogP contribution in [0.5, 0.6) is 0 Å². The third kappa shape index (κ3) is 9.58. The van der Waals surface area contributed by atoms with Crippen molar-refractivity contribution in [3.8, 4) is 0 Å². The Kier molecular flexibility index (Phi) is 10.7. The molecule has 0 fully saturated rings. The van der Waals surface area contributed by atoms with Crippen molar-refractivity contribution >= 4 is 17.3 Å². The Morgan fingerprint density at radius 2 is 2.22 bits per heavy atom. The molecule has 1 unspecified atom stereocenters. The number of guanidine groups is 1. The van der Waals surface area contributed by atoms with Gasteiger partial charge in [-0.05, 0) is 43.8 Å². The predicted molar refractivity (Wildman–Crippen MR) is 101 cm³/mol. The second-order valence-electron chi connectivity index (χ2n) is 5.92. The summed E-state index contributed by atoms with van der Waals surface area (Å²) in [6.07, 6.45) is 2.21. The van der Waals surface area contributed by atoms with Gasteiger partial charge >= 0.3 is 0 Å². The summed E-state index contributed by atoms with van der Waals surface area (Å²) in [6, 6.07) is 4.32. The van der Waals surface area contributed by atoms with E-state index in [4.69, 9.17) is 4.74 Å². The molecule has 0 amide bonds. The molecule has 1 atom stereocenters. The maximum absolute atomic E-state index is 5.08. The molecule has 0 bridgehead atoms. The van der Waals surface area contributed by atoms with Crippen LogP contribution < -0.4 is 10.6 Å². The highest BCUT2D eigenvalue weighted by Gasteiger charge is 2.06. The Morgan fingerprint density at radius 1 is 1.39 bits per heavy atom. The van der Waals surface area contributed by atoms with E-state index in [2.05, 4.69) is 52.0 Å². The summed E-state index contributed by atoms with van der Waals surface area (Å²) in [7, 11) is 5.69. The Labute approximate surface area is 145 Å². The van der Waals surface area contributed by atoms with Crippen LogP contribution in [0.25, 0.3) is 0 Å². The van der Waals surface area contributed by atoms with Crippen molar-refractivity contribution in [1.82, 2.24) is 15.5 Å². The van der Waals surface area contributed by atoms with Crippen molar-refractivity contribution in [1.29, 1.82) is 0 Å². The van der Waals surface area contributed by atoms with Gasteiger partial charge in [-0.25, -0.2) is 0 Å². The number of hydrogen-bond acceptors (Lipinski definition) is 4. The number of nitrogens with one attached hydrogen (secondary N) is 2. The lowest BCUT2D eigenvalue weighted by Crippen LogP contribution is -2.40. The number of aliphatic imine (C=N–C) groups is 1. The summed E-state index contributed by atoms with van der Waals surface area (Å²) in [5.74, 6) is 1.48. The number of thiophene rings is 1. The molecule has 1 aromatic heterocycles. The van der Waals surface area contributed by atoms with Crippen molar-refractivity contribution < 1.29 is 4.74 Å². The van der Waals surface area contributed by atoms with E-state index in [-0.39, 0.29) is 0 Å². The Bertz CT molecular complexity index is 422. The summed E-state index contributed by atoms with van der Waals surface area (Å²) in [4.78, 5) is 8.01. The molecule has 1 aromatic rings. The van der Waals surface area contributed by atoms with Crippen LogP contribution >= 0.6 is 11.3 Å². The molecule has 0 aliphatic carbocycles. The van der Waals surface area contributed by atoms with E-state index in [1.54, 1.807) is 7.11 Å². The maximum atomic E-state index is 5.08. The molecule has 5 nitrogen and oxygen atoms in total. The van der Waals surface area contributed by atoms with Crippen molar-refractivity contribution in [3.63, 3.8) is 0 Å². The maximum Gasteiger partial charge on any atom is 0.190 e. The van der Waals surface area contributed by atoms with E-state index in [1.807, 2.05) is 18.4 Å². The largest absolute Gasteiger partial charge is 0.383 e. The molecule has 6 heteroatoms. The monoisotopic (exact) mass is 340 g/mol. The SMILES string of the molecule is CN=C(NCCCN(C)CCOC)NCC(C)Cc1cccs1. The number of rotatable bonds is 11. The first kappa shape index (κ1) is 19.9. The number of nitrogens with zero attached hydrogens (tertiary/aromatic N) is 2. The van der Waals surface area contributed by atoms with E-state index < -0.39 is 0 Å². The molecular formula is C17H32N4OS. The van der Waals surface area contributed by atoms with Gasteiger partial charge in [0.25, 0.3) is 0 Å². The lowest BCUT2D eigenvalue weighted by Gasteiger charge is -2.18. The van der Waals surface area contributed by atoms with Crippen LogP contribution in [0.1, 0.15) is 18.2 Å². The summed E-state index contributed by atoms with van der Waals surface area (Å²) in [5, 5.41) is 8.93. The molecule has 0 saturated carbocycles. The fraction of sp³-hybridized carbons (Fsp3) is 0.706. The minimum Gasteiger partial charge on any atom is -0.383 e. The topological polar surface area (TPSA) is 48.9 Å². The van der Waals surface area contributed by atoms with Gasteiger partial charge in [0, 0.05) is 38.7 Å². The summed E-state index contributed by atoms with van der Waals surface area (Å²) < 4.78 is 5.08. The van der Waals surface area contributed by atoms with Crippen molar-refractivity contribution in [3.05, 3.63) is 22.4 Å². The summed E-state index contributed by atoms with van der Waals surface area (Å²) >= 11 is 1.83. The normalized spacial score (nSPS) is 13.3. The van der Waals surface area contributed by atoms with Crippen LogP contribution in [0.4, 0.5) is 0 Å². The molecule has 132 valence electrons. The minimum atomic E-state index is 0.590. The highest BCUT2D eigenvalue weighted by Crippen LogP contribution is 2.13. The van der Waals surface area contributed by atoms with Gasteiger partial charge in [0.15, 0.2) is 5.96 Å². The Balaban J connectivity index is 2.12. The van der Waals surface area contributed by atoms with E-state index >= 15 is 0 Å². The molecule has 23 heavy (non-hydrogen) atoms. The van der Waals surface area contributed by atoms with E-state index in [1.165, 1.54) is 4.88 Å². The first-order chi connectivity index (χ1) is 11.2. The number of likely N-dealkylation sites (N-methyl/N-ethyl adjacent to an activating group) is 1. The second kappa shape index (κ2) is 12.3. The zero-order valence-corrected chi connectivity index (χ0v) is 15.8. The standard InChI is InChI=1S/C17H32N4OS/c1-15(13-16-7-5-12-23-16)14-20-17(18-2)19-8-6-9-21(3)10-11-22-4/h5,7,12,15H,6,8-11,13-14H2,1-4H3,(H2,18,19,20). The quantitative estimate of drug-likeness (QED) is 0.368. The smallest absolute Gasteiger partial charge is 0.190 e. The van der Waals surface area contributed by atoms with E-state index in [0.29, 0.717) is 5.92 Å². The average molecular weight is 341 g/mol. The van der Waals surface area contributed by atoms with Crippen molar-refractivity contribution in [2.75, 3.05) is 54.0 Å². The zero-order valence-electron chi connectivity index (χ0n) is 15.0. The predicted octanol–water partition coefficient (Wildman–Crippen LogP) is 2.06. The molecule has 0 aromatic carbocycles. The van der Waals surface area contributed by atoms with Crippen LogP contribution in [0.2, 0.25) is 0 Å². The molecule has 2 N–H and O–H groups in total. The third-order valence-corrected chi connectivity index (χ3v) is 4.56. The molecular weight excluding hydrogens is 308 g/mol. The lowest BCUT2D eigenvalue weighted by molar-refractivity contribution is 0.161. The van der Waals surface area contributed by atoms with Gasteiger partial charge < -0.3 is 20.3 Å². The summed E-state index contributed by atoms with van der Waals surface area (Å²) in [5.41, 5.74) is 0. The second-order valence-corrected chi connectivity index (χ2v) is 6.95. The van der Waals surface area contributed by atoms with Gasteiger partial charge in [-0.3, -0.25) is 4.99 Å². The van der Waals surface area contributed by atoms with Gasteiger partial charge in [-0.2, -0.15) is 0 Å². The van der Waals surface area contributed by atoms with E-state index in [9.17, 15) is 0 Å². The molecule has 0 aliphatic rings. The molecule has 1 heterocycles. The molecule has 0 aliphatic heterocycles. The van der Waals surface area contributed by atoms with Gasteiger partial charge in [0.05, 0.1) is 6.61 Å². The van der Waals surface area contributed by atoms with Crippen molar-refractivity contribution in [2.24, 2.45) is 10.9 Å². The zero-order chi connectivity index (χ0) is 16.9. The van der Waals surface area contributed by atoms with Gasteiger partial charge in [0.2, 0.25) is 0 Å². The highest BCUT2D eigenvalue weighted by molar-refractivity contribution is 7.09. The number of ether oxygens (including phenoxy) is 1. The fourth-order valence-corrected chi connectivity index (χ4v) is 3.12. The van der Waals surface area contributed by atoms with Crippen LogP contribution in [0.3, 0.4) is 0 Å². The third-order valence-electron chi connectivity index (χ3n) is 3.66. The number of methoxy groups -OCH3 is 1. The molecule has 0 spiro atoms. The molecule has 0 saturated heterocycles. The lowest BCUT2D eigenvalue weighted by atomic mass is 10.1. The van der Waals surface area contributed by atoms with Gasteiger partial charge in [-0.15, -0.1) is 11.3 Å². The van der Waals surface area contributed by atoms with Crippen LogP contribution in [-0.4, -0.2) is 64.9 Å². The van der Waals surface area contributed by atoms with Crippen molar-refractivity contribution in [2.45, 2.75) is 19.8 Å². The van der Waals surface area contributed by atoms with Crippen LogP contribution in [0.15, 0.2) is 22.5 Å². The number of hydrogen-bond donors (Lipinski definition) is 2. The summed E-state index contributed by atoms with van der Waals surface area (Å²) in [6.45, 7) is 6.95. The first-order valence-electron chi connectivity index (χ1n) is 8.30. The van der Waals surface area contributed by atoms with Crippen LogP contribution in [0, 0.1) is 5.92 Å². The average Bonchev–Trinajstić information content (AvgIpc) is 3.05. The van der Waals surface area contributed by atoms with E-state index in [0.717, 1.165) is 51.6 Å². The highest BCUT2D eigenvalue weighted by atomic mass is 32.1.